The van der Waals surface area contributed by atoms with Gasteiger partial charge in [0.15, 0.2) is 0 Å². The maximum Gasteiger partial charge on any atom is 0.274 e. The quantitative estimate of drug-likeness (QED) is 0.457. The summed E-state index contributed by atoms with van der Waals surface area (Å²) in [5, 5.41) is 8.74. The summed E-state index contributed by atoms with van der Waals surface area (Å²) in [6.45, 7) is 1.06. The first-order valence-electron chi connectivity index (χ1n) is 9.54. The second-order valence-corrected chi connectivity index (χ2v) is 6.85. The van der Waals surface area contributed by atoms with E-state index in [2.05, 4.69) is 12.1 Å². The summed E-state index contributed by atoms with van der Waals surface area (Å²) in [6, 6.07) is 26.7. The molecule has 0 heterocycles. The standard InChI is InChI=1S/C24H24N2O3/c27-23(17-20-9-5-2-6-10-20)26(16-15-19-7-3-1-4-8-19)18-21-11-13-22(14-12-21)24(28)25-29/h1-14,29H,15-18H2,(H,25,28). The van der Waals surface area contributed by atoms with E-state index in [1.54, 1.807) is 29.7 Å². The van der Waals surface area contributed by atoms with Gasteiger partial charge >= 0.3 is 0 Å². The molecule has 0 aliphatic heterocycles. The molecule has 5 heteroatoms. The van der Waals surface area contributed by atoms with E-state index in [9.17, 15) is 9.59 Å². The predicted octanol–water partition coefficient (Wildman–Crippen LogP) is 3.62. The van der Waals surface area contributed by atoms with E-state index in [1.807, 2.05) is 53.4 Å². The van der Waals surface area contributed by atoms with Crippen LogP contribution in [0, 0.1) is 0 Å². The molecule has 2 N–H and O–H groups in total. The van der Waals surface area contributed by atoms with Crippen LogP contribution in [-0.4, -0.2) is 28.5 Å². The Labute approximate surface area is 170 Å². The van der Waals surface area contributed by atoms with E-state index in [4.69, 9.17) is 5.21 Å². The van der Waals surface area contributed by atoms with Crippen molar-refractivity contribution in [2.24, 2.45) is 0 Å². The highest BCUT2D eigenvalue weighted by molar-refractivity contribution is 5.93. The highest BCUT2D eigenvalue weighted by Crippen LogP contribution is 2.12. The lowest BCUT2D eigenvalue weighted by atomic mass is 10.1. The summed E-state index contributed by atoms with van der Waals surface area (Å²) in [4.78, 5) is 26.3. The van der Waals surface area contributed by atoms with Crippen molar-refractivity contribution in [1.82, 2.24) is 10.4 Å². The number of rotatable bonds is 8. The summed E-state index contributed by atoms with van der Waals surface area (Å²) in [7, 11) is 0. The van der Waals surface area contributed by atoms with Crippen LogP contribution in [0.5, 0.6) is 0 Å². The summed E-state index contributed by atoms with van der Waals surface area (Å²) >= 11 is 0. The molecular weight excluding hydrogens is 364 g/mol. The van der Waals surface area contributed by atoms with Crippen LogP contribution in [-0.2, 0) is 24.2 Å². The first-order chi connectivity index (χ1) is 14.2. The molecule has 0 saturated heterocycles. The molecule has 0 spiro atoms. The second kappa shape index (κ2) is 10.2. The van der Waals surface area contributed by atoms with Gasteiger partial charge in [0, 0.05) is 18.7 Å². The number of amides is 2. The van der Waals surface area contributed by atoms with E-state index in [0.29, 0.717) is 25.1 Å². The number of hydrogen-bond donors (Lipinski definition) is 2. The molecule has 2 amide bonds. The molecule has 3 rings (SSSR count). The molecule has 0 atom stereocenters. The van der Waals surface area contributed by atoms with Crippen molar-refractivity contribution in [2.75, 3.05) is 6.54 Å². The fourth-order valence-electron chi connectivity index (χ4n) is 3.13. The van der Waals surface area contributed by atoms with Gasteiger partial charge in [-0.3, -0.25) is 14.8 Å². The van der Waals surface area contributed by atoms with Gasteiger partial charge in [-0.05, 0) is 35.2 Å². The summed E-state index contributed by atoms with van der Waals surface area (Å²) in [6.07, 6.45) is 1.12. The fraction of sp³-hybridized carbons (Fsp3) is 0.167. The maximum absolute atomic E-state index is 13.0. The van der Waals surface area contributed by atoms with Gasteiger partial charge < -0.3 is 4.90 Å². The highest BCUT2D eigenvalue weighted by atomic mass is 16.5. The van der Waals surface area contributed by atoms with Gasteiger partial charge in [0.1, 0.15) is 0 Å². The Morgan fingerprint density at radius 2 is 1.34 bits per heavy atom. The lowest BCUT2D eigenvalue weighted by Gasteiger charge is -2.23. The van der Waals surface area contributed by atoms with Crippen LogP contribution in [0.4, 0.5) is 0 Å². The van der Waals surface area contributed by atoms with Gasteiger partial charge in [-0.15, -0.1) is 0 Å². The molecule has 0 aliphatic rings. The Morgan fingerprint density at radius 1 is 0.759 bits per heavy atom. The topological polar surface area (TPSA) is 69.6 Å². The minimum atomic E-state index is -0.558. The lowest BCUT2D eigenvalue weighted by molar-refractivity contribution is -0.131. The van der Waals surface area contributed by atoms with E-state index in [-0.39, 0.29) is 5.91 Å². The number of hydrogen-bond acceptors (Lipinski definition) is 3. The van der Waals surface area contributed by atoms with Gasteiger partial charge in [0.2, 0.25) is 5.91 Å². The Kier molecular flexibility index (Phi) is 7.14. The predicted molar refractivity (Wildman–Crippen MR) is 111 cm³/mol. The van der Waals surface area contributed by atoms with Crippen LogP contribution in [0.1, 0.15) is 27.0 Å². The Hall–Kier alpha value is -3.44. The van der Waals surface area contributed by atoms with Gasteiger partial charge in [-0.1, -0.05) is 72.8 Å². The molecule has 0 fully saturated rings. The van der Waals surface area contributed by atoms with Crippen molar-refractivity contribution in [1.29, 1.82) is 0 Å². The zero-order valence-corrected chi connectivity index (χ0v) is 16.1. The monoisotopic (exact) mass is 388 g/mol. The summed E-state index contributed by atoms with van der Waals surface area (Å²) < 4.78 is 0. The van der Waals surface area contributed by atoms with Crippen molar-refractivity contribution in [3.8, 4) is 0 Å². The molecule has 0 bridgehead atoms. The molecular formula is C24H24N2O3. The van der Waals surface area contributed by atoms with Crippen LogP contribution in [0.3, 0.4) is 0 Å². The third-order valence-electron chi connectivity index (χ3n) is 4.76. The molecule has 5 nitrogen and oxygen atoms in total. The van der Waals surface area contributed by atoms with Crippen LogP contribution < -0.4 is 5.48 Å². The van der Waals surface area contributed by atoms with Crippen LogP contribution in [0.2, 0.25) is 0 Å². The average molecular weight is 388 g/mol. The molecule has 0 radical (unpaired) electrons. The Balaban J connectivity index is 1.72. The van der Waals surface area contributed by atoms with Crippen molar-refractivity contribution in [3.05, 3.63) is 107 Å². The number of benzene rings is 3. The third kappa shape index (κ3) is 6.02. The zero-order chi connectivity index (χ0) is 20.5. The number of hydroxylamine groups is 1. The number of carbonyl (C=O) groups is 2. The van der Waals surface area contributed by atoms with Gasteiger partial charge in [0.25, 0.3) is 5.91 Å². The van der Waals surface area contributed by atoms with E-state index >= 15 is 0 Å². The molecule has 3 aromatic carbocycles. The molecule has 0 saturated carbocycles. The van der Waals surface area contributed by atoms with Crippen molar-refractivity contribution < 1.29 is 14.8 Å². The number of carbonyl (C=O) groups excluding carboxylic acids is 2. The Bertz CT molecular complexity index is 925. The number of nitrogens with one attached hydrogen (secondary N) is 1. The minimum Gasteiger partial charge on any atom is -0.338 e. The SMILES string of the molecule is O=C(NO)c1ccc(CN(CCc2ccccc2)C(=O)Cc2ccccc2)cc1. The molecule has 29 heavy (non-hydrogen) atoms. The van der Waals surface area contributed by atoms with E-state index in [0.717, 1.165) is 17.5 Å². The van der Waals surface area contributed by atoms with E-state index < -0.39 is 5.91 Å². The highest BCUT2D eigenvalue weighted by Gasteiger charge is 2.15. The van der Waals surface area contributed by atoms with Gasteiger partial charge in [-0.25, -0.2) is 5.48 Å². The van der Waals surface area contributed by atoms with Crippen molar-refractivity contribution in [3.63, 3.8) is 0 Å². The molecule has 148 valence electrons. The summed E-state index contributed by atoms with van der Waals surface area (Å²) in [5.41, 5.74) is 5.07. The van der Waals surface area contributed by atoms with Crippen LogP contribution in [0.15, 0.2) is 84.9 Å². The fourth-order valence-corrected chi connectivity index (χ4v) is 3.13. The van der Waals surface area contributed by atoms with Crippen molar-refractivity contribution in [2.45, 2.75) is 19.4 Å². The molecule has 0 aliphatic carbocycles. The number of nitrogens with zero attached hydrogens (tertiary/aromatic N) is 1. The Morgan fingerprint density at radius 3 is 1.93 bits per heavy atom. The first-order valence-corrected chi connectivity index (χ1v) is 9.54. The normalized spacial score (nSPS) is 10.4. The third-order valence-corrected chi connectivity index (χ3v) is 4.76. The van der Waals surface area contributed by atoms with Gasteiger partial charge in [0.05, 0.1) is 6.42 Å². The smallest absolute Gasteiger partial charge is 0.274 e. The second-order valence-electron chi connectivity index (χ2n) is 6.85. The van der Waals surface area contributed by atoms with Crippen molar-refractivity contribution >= 4 is 11.8 Å². The van der Waals surface area contributed by atoms with Crippen LogP contribution >= 0.6 is 0 Å². The molecule has 0 unspecified atom stereocenters. The lowest BCUT2D eigenvalue weighted by Crippen LogP contribution is -2.33. The average Bonchev–Trinajstić information content (AvgIpc) is 2.77. The summed E-state index contributed by atoms with van der Waals surface area (Å²) in [5.74, 6) is -0.498. The maximum atomic E-state index is 13.0. The zero-order valence-electron chi connectivity index (χ0n) is 16.1. The molecule has 0 aromatic heterocycles. The largest absolute Gasteiger partial charge is 0.338 e. The van der Waals surface area contributed by atoms with Gasteiger partial charge in [-0.2, -0.15) is 0 Å². The van der Waals surface area contributed by atoms with Crippen LogP contribution in [0.25, 0.3) is 0 Å². The van der Waals surface area contributed by atoms with E-state index in [1.165, 1.54) is 5.56 Å². The minimum absolute atomic E-state index is 0.0595. The first kappa shape index (κ1) is 20.3. The molecule has 3 aromatic rings.